The van der Waals surface area contributed by atoms with E-state index in [0.29, 0.717) is 11.6 Å². The highest BCUT2D eigenvalue weighted by Crippen LogP contribution is 2.07. The standard InChI is InChI=1S/C12H17ClN2O/c1-8-5-4-6-14-11(8)12(16)15-10(3)9(2)7-13/h4-6,9-10H,7H2,1-3H3,(H,15,16). The van der Waals surface area contributed by atoms with Gasteiger partial charge in [-0.15, -0.1) is 11.6 Å². The van der Waals surface area contributed by atoms with Crippen LogP contribution in [-0.4, -0.2) is 22.8 Å². The highest BCUT2D eigenvalue weighted by atomic mass is 35.5. The van der Waals surface area contributed by atoms with Gasteiger partial charge in [-0.05, 0) is 31.4 Å². The summed E-state index contributed by atoms with van der Waals surface area (Å²) in [5.74, 6) is 0.639. The minimum absolute atomic E-state index is 0.0476. The summed E-state index contributed by atoms with van der Waals surface area (Å²) in [4.78, 5) is 16.0. The molecule has 0 spiro atoms. The molecule has 1 heterocycles. The first-order valence-electron chi connectivity index (χ1n) is 5.34. The van der Waals surface area contributed by atoms with Gasteiger partial charge in [0.15, 0.2) is 0 Å². The van der Waals surface area contributed by atoms with Crippen molar-refractivity contribution in [2.75, 3.05) is 5.88 Å². The number of rotatable bonds is 4. The van der Waals surface area contributed by atoms with Crippen molar-refractivity contribution >= 4 is 17.5 Å². The largest absolute Gasteiger partial charge is 0.348 e. The van der Waals surface area contributed by atoms with Gasteiger partial charge in [0.05, 0.1) is 0 Å². The summed E-state index contributed by atoms with van der Waals surface area (Å²) in [6.45, 7) is 5.82. The van der Waals surface area contributed by atoms with Crippen LogP contribution in [-0.2, 0) is 0 Å². The Hall–Kier alpha value is -1.09. The molecule has 1 aromatic heterocycles. The molecule has 0 aromatic carbocycles. The van der Waals surface area contributed by atoms with E-state index in [2.05, 4.69) is 10.3 Å². The van der Waals surface area contributed by atoms with E-state index in [1.807, 2.05) is 32.9 Å². The van der Waals surface area contributed by atoms with Gasteiger partial charge in [0.25, 0.3) is 5.91 Å². The van der Waals surface area contributed by atoms with Crippen molar-refractivity contribution < 1.29 is 4.79 Å². The zero-order valence-electron chi connectivity index (χ0n) is 9.83. The van der Waals surface area contributed by atoms with Crippen molar-refractivity contribution in [2.45, 2.75) is 26.8 Å². The fourth-order valence-corrected chi connectivity index (χ4v) is 1.54. The van der Waals surface area contributed by atoms with Gasteiger partial charge in [0.1, 0.15) is 5.69 Å². The van der Waals surface area contributed by atoms with Gasteiger partial charge >= 0.3 is 0 Å². The van der Waals surface area contributed by atoms with Crippen molar-refractivity contribution in [1.82, 2.24) is 10.3 Å². The molecule has 0 radical (unpaired) electrons. The Morgan fingerprint density at radius 2 is 2.25 bits per heavy atom. The van der Waals surface area contributed by atoms with E-state index >= 15 is 0 Å². The van der Waals surface area contributed by atoms with Crippen LogP contribution in [0.15, 0.2) is 18.3 Å². The molecule has 2 atom stereocenters. The Balaban J connectivity index is 2.70. The molecule has 0 saturated heterocycles. The highest BCUT2D eigenvalue weighted by Gasteiger charge is 2.16. The highest BCUT2D eigenvalue weighted by molar-refractivity contribution is 6.18. The molecule has 1 aromatic rings. The smallest absolute Gasteiger partial charge is 0.270 e. The first-order chi connectivity index (χ1) is 7.56. The maximum atomic E-state index is 11.9. The average Bonchev–Trinajstić information content (AvgIpc) is 2.28. The van der Waals surface area contributed by atoms with Crippen molar-refractivity contribution in [2.24, 2.45) is 5.92 Å². The predicted octanol–water partition coefficient (Wildman–Crippen LogP) is 2.38. The summed E-state index contributed by atoms with van der Waals surface area (Å²) < 4.78 is 0. The molecule has 1 rings (SSSR count). The number of carbonyl (C=O) groups excluding carboxylic acids is 1. The quantitative estimate of drug-likeness (QED) is 0.822. The van der Waals surface area contributed by atoms with E-state index in [1.165, 1.54) is 0 Å². The van der Waals surface area contributed by atoms with Crippen LogP contribution in [0.3, 0.4) is 0 Å². The molecule has 0 saturated carbocycles. The topological polar surface area (TPSA) is 42.0 Å². The molecule has 1 N–H and O–H groups in total. The second-order valence-corrected chi connectivity index (χ2v) is 4.37. The maximum Gasteiger partial charge on any atom is 0.270 e. The molecule has 16 heavy (non-hydrogen) atoms. The number of alkyl halides is 1. The van der Waals surface area contributed by atoms with Crippen LogP contribution >= 0.6 is 11.6 Å². The Morgan fingerprint density at radius 3 is 2.81 bits per heavy atom. The number of amides is 1. The maximum absolute atomic E-state index is 11.9. The van der Waals surface area contributed by atoms with Crippen LogP contribution in [0.4, 0.5) is 0 Å². The van der Waals surface area contributed by atoms with Crippen molar-refractivity contribution in [1.29, 1.82) is 0 Å². The van der Waals surface area contributed by atoms with Gasteiger partial charge in [-0.1, -0.05) is 13.0 Å². The minimum Gasteiger partial charge on any atom is -0.348 e. The van der Waals surface area contributed by atoms with Gasteiger partial charge in [0, 0.05) is 18.1 Å². The lowest BCUT2D eigenvalue weighted by molar-refractivity contribution is 0.0925. The van der Waals surface area contributed by atoms with E-state index < -0.39 is 0 Å². The van der Waals surface area contributed by atoms with Gasteiger partial charge in [-0.25, -0.2) is 0 Å². The predicted molar refractivity (Wildman–Crippen MR) is 65.8 cm³/mol. The first-order valence-corrected chi connectivity index (χ1v) is 5.88. The summed E-state index contributed by atoms with van der Waals surface area (Å²) in [5, 5.41) is 2.90. The van der Waals surface area contributed by atoms with E-state index in [9.17, 15) is 4.79 Å². The summed E-state index contributed by atoms with van der Waals surface area (Å²) in [7, 11) is 0. The number of aryl methyl sites for hydroxylation is 1. The van der Waals surface area contributed by atoms with E-state index in [4.69, 9.17) is 11.6 Å². The lowest BCUT2D eigenvalue weighted by atomic mass is 10.1. The van der Waals surface area contributed by atoms with Crippen molar-refractivity contribution in [3.05, 3.63) is 29.6 Å². The molecule has 3 nitrogen and oxygen atoms in total. The van der Waals surface area contributed by atoms with Crippen LogP contribution < -0.4 is 5.32 Å². The SMILES string of the molecule is Cc1cccnc1C(=O)NC(C)C(C)CCl. The lowest BCUT2D eigenvalue weighted by Crippen LogP contribution is -2.38. The number of hydrogen-bond donors (Lipinski definition) is 1. The summed E-state index contributed by atoms with van der Waals surface area (Å²) >= 11 is 5.74. The van der Waals surface area contributed by atoms with Crippen molar-refractivity contribution in [3.8, 4) is 0 Å². The van der Waals surface area contributed by atoms with Gasteiger partial charge in [-0.3, -0.25) is 9.78 Å². The van der Waals surface area contributed by atoms with Gasteiger partial charge in [-0.2, -0.15) is 0 Å². The summed E-state index contributed by atoms with van der Waals surface area (Å²) in [5.41, 5.74) is 1.36. The molecule has 2 unspecified atom stereocenters. The number of aromatic nitrogens is 1. The number of halogens is 1. The van der Waals surface area contributed by atoms with E-state index in [-0.39, 0.29) is 17.9 Å². The van der Waals surface area contributed by atoms with Crippen LogP contribution in [0.2, 0.25) is 0 Å². The molecule has 0 aliphatic heterocycles. The van der Waals surface area contributed by atoms with Gasteiger partial charge in [0.2, 0.25) is 0 Å². The molecule has 88 valence electrons. The third kappa shape index (κ3) is 3.20. The van der Waals surface area contributed by atoms with Crippen LogP contribution in [0, 0.1) is 12.8 Å². The Bertz CT molecular complexity index is 368. The second-order valence-electron chi connectivity index (χ2n) is 4.06. The fraction of sp³-hybridized carbons (Fsp3) is 0.500. The zero-order chi connectivity index (χ0) is 12.1. The van der Waals surface area contributed by atoms with Crippen molar-refractivity contribution in [3.63, 3.8) is 0 Å². The third-order valence-electron chi connectivity index (χ3n) is 2.68. The Labute approximate surface area is 101 Å². The molecule has 0 fully saturated rings. The lowest BCUT2D eigenvalue weighted by Gasteiger charge is -2.19. The number of nitrogens with one attached hydrogen (secondary N) is 1. The molecular weight excluding hydrogens is 224 g/mol. The summed E-state index contributed by atoms with van der Waals surface area (Å²) in [6.07, 6.45) is 1.62. The monoisotopic (exact) mass is 240 g/mol. The first kappa shape index (κ1) is 13.0. The normalized spacial score (nSPS) is 14.2. The van der Waals surface area contributed by atoms with E-state index in [0.717, 1.165) is 5.56 Å². The van der Waals surface area contributed by atoms with Crippen LogP contribution in [0.5, 0.6) is 0 Å². The number of pyridine rings is 1. The molecule has 0 aliphatic rings. The van der Waals surface area contributed by atoms with E-state index in [1.54, 1.807) is 6.20 Å². The average molecular weight is 241 g/mol. The molecule has 4 heteroatoms. The molecule has 0 bridgehead atoms. The third-order valence-corrected chi connectivity index (χ3v) is 3.17. The summed E-state index contributed by atoms with van der Waals surface area (Å²) in [6, 6.07) is 3.74. The molecule has 0 aliphatic carbocycles. The zero-order valence-corrected chi connectivity index (χ0v) is 10.6. The van der Waals surface area contributed by atoms with Gasteiger partial charge < -0.3 is 5.32 Å². The molecular formula is C12H17ClN2O. The Morgan fingerprint density at radius 1 is 1.56 bits per heavy atom. The minimum atomic E-state index is -0.137. The second kappa shape index (κ2) is 5.85. The van der Waals surface area contributed by atoms with Crippen LogP contribution in [0.1, 0.15) is 29.9 Å². The molecule has 1 amide bonds. The number of carbonyl (C=O) groups is 1. The number of hydrogen-bond acceptors (Lipinski definition) is 2. The fourth-order valence-electron chi connectivity index (χ4n) is 1.27. The number of nitrogens with zero attached hydrogens (tertiary/aromatic N) is 1. The van der Waals surface area contributed by atoms with Crippen LogP contribution in [0.25, 0.3) is 0 Å². The Kier molecular flexibility index (Phi) is 4.74.